The molecule has 1 aromatic carbocycles. The lowest BCUT2D eigenvalue weighted by Crippen LogP contribution is -2.33. The minimum atomic E-state index is -0.286. The first-order valence-electron chi connectivity index (χ1n) is 4.87. The molecule has 4 heteroatoms. The van der Waals surface area contributed by atoms with E-state index in [1.807, 2.05) is 0 Å². The Morgan fingerprint density at radius 2 is 2.06 bits per heavy atom. The van der Waals surface area contributed by atoms with Gasteiger partial charge in [0.1, 0.15) is 5.82 Å². The topological polar surface area (TPSA) is 41.1 Å². The Balaban J connectivity index is 2.26. The van der Waals surface area contributed by atoms with E-state index in [-0.39, 0.29) is 18.3 Å². The van der Waals surface area contributed by atoms with Crippen molar-refractivity contribution in [3.8, 4) is 12.3 Å². The molecule has 1 rings (SSSR count). The summed E-state index contributed by atoms with van der Waals surface area (Å²) in [4.78, 5) is 11.2. The maximum absolute atomic E-state index is 12.6. The third kappa shape index (κ3) is 4.58. The molecule has 0 saturated heterocycles. The molecule has 1 amide bonds. The fraction of sp³-hybridized carbons (Fsp3) is 0.250. The highest BCUT2D eigenvalue weighted by molar-refractivity contribution is 5.77. The molecule has 0 atom stereocenters. The number of amides is 1. The van der Waals surface area contributed by atoms with E-state index < -0.39 is 0 Å². The van der Waals surface area contributed by atoms with E-state index in [1.165, 1.54) is 12.1 Å². The number of carbonyl (C=O) groups excluding carboxylic acids is 1. The number of rotatable bonds is 5. The van der Waals surface area contributed by atoms with Crippen LogP contribution in [0.25, 0.3) is 0 Å². The average molecular weight is 220 g/mol. The first-order valence-corrected chi connectivity index (χ1v) is 4.87. The van der Waals surface area contributed by atoms with Gasteiger partial charge in [-0.15, -0.1) is 6.42 Å². The van der Waals surface area contributed by atoms with Crippen LogP contribution in [-0.2, 0) is 11.3 Å². The molecule has 0 bridgehead atoms. The second-order valence-electron chi connectivity index (χ2n) is 3.21. The third-order valence-electron chi connectivity index (χ3n) is 1.92. The van der Waals surface area contributed by atoms with Crippen LogP contribution in [0.5, 0.6) is 0 Å². The molecule has 0 spiro atoms. The van der Waals surface area contributed by atoms with Crippen LogP contribution in [-0.4, -0.2) is 19.0 Å². The molecular formula is C12H13FN2O. The summed E-state index contributed by atoms with van der Waals surface area (Å²) < 4.78 is 12.6. The van der Waals surface area contributed by atoms with Crippen LogP contribution >= 0.6 is 0 Å². The first-order chi connectivity index (χ1) is 7.72. The number of carbonyl (C=O) groups is 1. The maximum atomic E-state index is 12.6. The van der Waals surface area contributed by atoms with Crippen molar-refractivity contribution in [1.29, 1.82) is 0 Å². The number of hydrogen-bond acceptors (Lipinski definition) is 2. The van der Waals surface area contributed by atoms with Crippen molar-refractivity contribution in [3.63, 3.8) is 0 Å². The number of benzene rings is 1. The molecule has 0 unspecified atom stereocenters. The van der Waals surface area contributed by atoms with E-state index in [0.717, 1.165) is 5.56 Å². The van der Waals surface area contributed by atoms with Gasteiger partial charge in [-0.2, -0.15) is 0 Å². The number of terminal acetylenes is 1. The van der Waals surface area contributed by atoms with Gasteiger partial charge in [0, 0.05) is 6.54 Å². The van der Waals surface area contributed by atoms with Crippen molar-refractivity contribution in [1.82, 2.24) is 10.6 Å². The van der Waals surface area contributed by atoms with Gasteiger partial charge >= 0.3 is 0 Å². The lowest BCUT2D eigenvalue weighted by atomic mass is 10.2. The Morgan fingerprint density at radius 1 is 1.38 bits per heavy atom. The summed E-state index contributed by atoms with van der Waals surface area (Å²) in [7, 11) is 0. The SMILES string of the molecule is C#CCNCC(=O)NCc1ccc(F)cc1. The van der Waals surface area contributed by atoms with Gasteiger partial charge < -0.3 is 5.32 Å². The lowest BCUT2D eigenvalue weighted by molar-refractivity contribution is -0.120. The van der Waals surface area contributed by atoms with Crippen LogP contribution in [0, 0.1) is 18.2 Å². The minimum Gasteiger partial charge on any atom is -0.351 e. The smallest absolute Gasteiger partial charge is 0.234 e. The van der Waals surface area contributed by atoms with E-state index in [9.17, 15) is 9.18 Å². The zero-order chi connectivity index (χ0) is 11.8. The summed E-state index contributed by atoms with van der Waals surface area (Å²) >= 11 is 0. The molecule has 0 heterocycles. The second kappa shape index (κ2) is 6.59. The van der Waals surface area contributed by atoms with Gasteiger partial charge in [0.15, 0.2) is 0 Å². The van der Waals surface area contributed by atoms with Crippen LogP contribution in [0.1, 0.15) is 5.56 Å². The van der Waals surface area contributed by atoms with Crippen molar-refractivity contribution >= 4 is 5.91 Å². The molecule has 0 aromatic heterocycles. The quantitative estimate of drug-likeness (QED) is 0.565. The predicted octanol–water partition coefficient (Wildman–Crippen LogP) is 0.665. The Labute approximate surface area is 94.0 Å². The molecule has 84 valence electrons. The largest absolute Gasteiger partial charge is 0.351 e. The molecular weight excluding hydrogens is 207 g/mol. The summed E-state index contributed by atoms with van der Waals surface area (Å²) in [5.74, 6) is 1.94. The van der Waals surface area contributed by atoms with Gasteiger partial charge in [0.2, 0.25) is 5.91 Å². The predicted molar refractivity (Wildman–Crippen MR) is 59.9 cm³/mol. The van der Waals surface area contributed by atoms with E-state index in [2.05, 4.69) is 16.6 Å². The number of halogens is 1. The lowest BCUT2D eigenvalue weighted by Gasteiger charge is -2.05. The van der Waals surface area contributed by atoms with Crippen molar-refractivity contribution < 1.29 is 9.18 Å². The van der Waals surface area contributed by atoms with Crippen LogP contribution in [0.15, 0.2) is 24.3 Å². The molecule has 2 N–H and O–H groups in total. The van der Waals surface area contributed by atoms with E-state index in [4.69, 9.17) is 6.42 Å². The van der Waals surface area contributed by atoms with Crippen molar-refractivity contribution in [2.24, 2.45) is 0 Å². The maximum Gasteiger partial charge on any atom is 0.234 e. The summed E-state index contributed by atoms with van der Waals surface area (Å²) in [6, 6.07) is 5.98. The summed E-state index contributed by atoms with van der Waals surface area (Å²) in [6.07, 6.45) is 5.01. The number of nitrogens with one attached hydrogen (secondary N) is 2. The Bertz CT molecular complexity index is 381. The molecule has 3 nitrogen and oxygen atoms in total. The van der Waals surface area contributed by atoms with Crippen LogP contribution in [0.2, 0.25) is 0 Å². The summed E-state index contributed by atoms with van der Waals surface area (Å²) in [5.41, 5.74) is 0.853. The average Bonchev–Trinajstić information content (AvgIpc) is 2.29. The molecule has 1 aromatic rings. The Kier molecular flexibility index (Phi) is 5.03. The molecule has 0 aliphatic carbocycles. The summed E-state index contributed by atoms with van der Waals surface area (Å²) in [5, 5.41) is 5.46. The van der Waals surface area contributed by atoms with Gasteiger partial charge in [0.05, 0.1) is 13.1 Å². The molecule has 0 aliphatic rings. The van der Waals surface area contributed by atoms with Gasteiger partial charge in [-0.05, 0) is 17.7 Å². The van der Waals surface area contributed by atoms with Crippen LogP contribution < -0.4 is 10.6 Å². The molecule has 0 fully saturated rings. The highest BCUT2D eigenvalue weighted by atomic mass is 19.1. The Hall–Kier alpha value is -1.86. The normalized spacial score (nSPS) is 9.50. The fourth-order valence-corrected chi connectivity index (χ4v) is 1.11. The van der Waals surface area contributed by atoms with Crippen LogP contribution in [0.4, 0.5) is 4.39 Å². The van der Waals surface area contributed by atoms with Gasteiger partial charge in [-0.1, -0.05) is 18.1 Å². The van der Waals surface area contributed by atoms with Crippen LogP contribution in [0.3, 0.4) is 0 Å². The van der Waals surface area contributed by atoms with Gasteiger partial charge in [-0.3, -0.25) is 10.1 Å². The fourth-order valence-electron chi connectivity index (χ4n) is 1.11. The standard InChI is InChI=1S/C12H13FN2O/c1-2-7-14-9-12(16)15-8-10-3-5-11(13)6-4-10/h1,3-6,14H,7-9H2,(H,15,16). The van der Waals surface area contributed by atoms with Crippen molar-refractivity contribution in [2.45, 2.75) is 6.54 Å². The highest BCUT2D eigenvalue weighted by Gasteiger charge is 1.99. The summed E-state index contributed by atoms with van der Waals surface area (Å²) in [6.45, 7) is 0.937. The monoisotopic (exact) mass is 220 g/mol. The second-order valence-corrected chi connectivity index (χ2v) is 3.21. The zero-order valence-corrected chi connectivity index (χ0v) is 8.79. The van der Waals surface area contributed by atoms with Crippen molar-refractivity contribution in [3.05, 3.63) is 35.6 Å². The molecule has 0 aliphatic heterocycles. The highest BCUT2D eigenvalue weighted by Crippen LogP contribution is 2.01. The van der Waals surface area contributed by atoms with E-state index in [1.54, 1.807) is 12.1 Å². The van der Waals surface area contributed by atoms with E-state index >= 15 is 0 Å². The van der Waals surface area contributed by atoms with Gasteiger partial charge in [0.25, 0.3) is 0 Å². The molecule has 0 saturated carbocycles. The zero-order valence-electron chi connectivity index (χ0n) is 8.79. The first kappa shape index (κ1) is 12.2. The molecule has 16 heavy (non-hydrogen) atoms. The third-order valence-corrected chi connectivity index (χ3v) is 1.92. The van der Waals surface area contributed by atoms with Gasteiger partial charge in [-0.25, -0.2) is 4.39 Å². The van der Waals surface area contributed by atoms with E-state index in [0.29, 0.717) is 13.1 Å². The Morgan fingerprint density at radius 3 is 2.69 bits per heavy atom. The van der Waals surface area contributed by atoms with Crippen molar-refractivity contribution in [2.75, 3.05) is 13.1 Å². The minimum absolute atomic E-state index is 0.139. The number of hydrogen-bond donors (Lipinski definition) is 2. The molecule has 0 radical (unpaired) electrons.